The van der Waals surface area contributed by atoms with Crippen LogP contribution < -0.4 is 18.9 Å². The number of ketones is 1. The number of hydrogen-bond donors (Lipinski definition) is 0. The standard InChI is InChI=1S/C24H20O5/c1-15-2-4-16(5-3-15)13-26-18-7-9-21-19(11-18)20(25)12-23(29-21)17-6-8-22-24(10-17)28-14-27-22/h2-11,23H,12-14H2,1H3. The highest BCUT2D eigenvalue weighted by Gasteiger charge is 2.29. The predicted molar refractivity (Wildman–Crippen MR) is 107 cm³/mol. The lowest BCUT2D eigenvalue weighted by Crippen LogP contribution is -2.20. The number of benzene rings is 3. The number of carbonyl (C=O) groups is 1. The highest BCUT2D eigenvalue weighted by Crippen LogP contribution is 2.40. The largest absolute Gasteiger partial charge is 0.489 e. The van der Waals surface area contributed by atoms with Gasteiger partial charge in [0.15, 0.2) is 17.3 Å². The predicted octanol–water partition coefficient (Wildman–Crippen LogP) is 5.01. The van der Waals surface area contributed by atoms with Gasteiger partial charge in [0.25, 0.3) is 0 Å². The van der Waals surface area contributed by atoms with Crippen molar-refractivity contribution in [2.45, 2.75) is 26.1 Å². The third-order valence-electron chi connectivity index (χ3n) is 5.19. The Bertz CT molecular complexity index is 1070. The number of Topliss-reactive ketones (excluding diaryl/α,β-unsaturated/α-hetero) is 1. The molecule has 0 fully saturated rings. The maximum atomic E-state index is 12.8. The summed E-state index contributed by atoms with van der Waals surface area (Å²) in [5.41, 5.74) is 3.75. The molecule has 0 saturated heterocycles. The Balaban J connectivity index is 1.32. The molecule has 0 spiro atoms. The summed E-state index contributed by atoms with van der Waals surface area (Å²) >= 11 is 0. The van der Waals surface area contributed by atoms with Crippen LogP contribution >= 0.6 is 0 Å². The summed E-state index contributed by atoms with van der Waals surface area (Å²) in [6, 6.07) is 19.2. The molecule has 0 aromatic heterocycles. The van der Waals surface area contributed by atoms with Crippen molar-refractivity contribution in [1.82, 2.24) is 0 Å². The molecule has 2 aliphatic rings. The van der Waals surface area contributed by atoms with Gasteiger partial charge in [0, 0.05) is 0 Å². The van der Waals surface area contributed by atoms with Crippen LogP contribution in [-0.2, 0) is 6.61 Å². The molecular weight excluding hydrogens is 368 g/mol. The van der Waals surface area contributed by atoms with E-state index in [-0.39, 0.29) is 25.1 Å². The molecular formula is C24H20O5. The maximum absolute atomic E-state index is 12.8. The quantitative estimate of drug-likeness (QED) is 0.629. The van der Waals surface area contributed by atoms with E-state index in [9.17, 15) is 4.79 Å². The Morgan fingerprint density at radius 2 is 1.72 bits per heavy atom. The van der Waals surface area contributed by atoms with E-state index in [0.29, 0.717) is 35.2 Å². The molecule has 2 heterocycles. The van der Waals surface area contributed by atoms with Crippen molar-refractivity contribution in [2.24, 2.45) is 0 Å². The lowest BCUT2D eigenvalue weighted by Gasteiger charge is -2.26. The molecule has 0 amide bonds. The minimum absolute atomic E-state index is 0.0368. The van der Waals surface area contributed by atoms with Crippen LogP contribution in [0.25, 0.3) is 0 Å². The first kappa shape index (κ1) is 17.6. The van der Waals surface area contributed by atoms with E-state index in [0.717, 1.165) is 11.1 Å². The van der Waals surface area contributed by atoms with E-state index in [2.05, 4.69) is 19.1 Å². The van der Waals surface area contributed by atoms with Gasteiger partial charge in [0.2, 0.25) is 6.79 Å². The number of aryl methyl sites for hydroxylation is 1. The van der Waals surface area contributed by atoms with Crippen LogP contribution in [0.15, 0.2) is 60.7 Å². The van der Waals surface area contributed by atoms with Gasteiger partial charge in [0.1, 0.15) is 24.2 Å². The van der Waals surface area contributed by atoms with Crippen molar-refractivity contribution in [3.8, 4) is 23.0 Å². The topological polar surface area (TPSA) is 54.0 Å². The van der Waals surface area contributed by atoms with Crippen LogP contribution in [0.2, 0.25) is 0 Å². The van der Waals surface area contributed by atoms with E-state index in [1.54, 1.807) is 12.1 Å². The van der Waals surface area contributed by atoms with E-state index in [1.807, 2.05) is 36.4 Å². The van der Waals surface area contributed by atoms with E-state index in [4.69, 9.17) is 18.9 Å². The normalized spacial score (nSPS) is 16.9. The molecule has 146 valence electrons. The minimum Gasteiger partial charge on any atom is -0.489 e. The highest BCUT2D eigenvalue weighted by atomic mass is 16.7. The van der Waals surface area contributed by atoms with Gasteiger partial charge in [-0.1, -0.05) is 35.9 Å². The molecule has 0 saturated carbocycles. The van der Waals surface area contributed by atoms with Crippen molar-refractivity contribution in [3.63, 3.8) is 0 Å². The molecule has 3 aromatic rings. The zero-order chi connectivity index (χ0) is 19.8. The van der Waals surface area contributed by atoms with Crippen molar-refractivity contribution in [2.75, 3.05) is 6.79 Å². The fraction of sp³-hybridized carbons (Fsp3) is 0.208. The average molecular weight is 388 g/mol. The average Bonchev–Trinajstić information content (AvgIpc) is 3.21. The molecule has 0 N–H and O–H groups in total. The van der Waals surface area contributed by atoms with Crippen LogP contribution in [0.5, 0.6) is 23.0 Å². The molecule has 2 aliphatic heterocycles. The fourth-order valence-electron chi connectivity index (χ4n) is 3.54. The summed E-state index contributed by atoms with van der Waals surface area (Å²) in [5.74, 6) is 2.67. The van der Waals surface area contributed by atoms with Crippen molar-refractivity contribution < 1.29 is 23.7 Å². The molecule has 1 unspecified atom stereocenters. The third-order valence-corrected chi connectivity index (χ3v) is 5.19. The van der Waals surface area contributed by atoms with E-state index >= 15 is 0 Å². The van der Waals surface area contributed by atoms with Gasteiger partial charge in [-0.15, -0.1) is 0 Å². The third kappa shape index (κ3) is 3.51. The lowest BCUT2D eigenvalue weighted by atomic mass is 9.96. The molecule has 5 rings (SSSR count). The summed E-state index contributed by atoms with van der Waals surface area (Å²) in [5, 5.41) is 0. The Morgan fingerprint density at radius 1 is 0.931 bits per heavy atom. The first-order valence-corrected chi connectivity index (χ1v) is 9.57. The number of hydrogen-bond acceptors (Lipinski definition) is 5. The second kappa shape index (κ2) is 7.17. The van der Waals surface area contributed by atoms with Gasteiger partial charge < -0.3 is 18.9 Å². The number of rotatable bonds is 4. The maximum Gasteiger partial charge on any atom is 0.231 e. The van der Waals surface area contributed by atoms with Crippen LogP contribution in [-0.4, -0.2) is 12.6 Å². The van der Waals surface area contributed by atoms with E-state index in [1.165, 1.54) is 5.56 Å². The SMILES string of the molecule is Cc1ccc(COc2ccc3c(c2)C(=O)CC(c2ccc4c(c2)OCO4)O3)cc1. The Kier molecular flexibility index (Phi) is 4.35. The first-order valence-electron chi connectivity index (χ1n) is 9.57. The van der Waals surface area contributed by atoms with Crippen molar-refractivity contribution in [1.29, 1.82) is 0 Å². The Morgan fingerprint density at radius 3 is 2.59 bits per heavy atom. The number of fused-ring (bicyclic) bond motifs is 2. The summed E-state index contributed by atoms with van der Waals surface area (Å²) in [6.45, 7) is 2.72. The molecule has 0 aliphatic carbocycles. The zero-order valence-corrected chi connectivity index (χ0v) is 16.0. The van der Waals surface area contributed by atoms with Crippen LogP contribution in [0.1, 0.15) is 39.6 Å². The van der Waals surface area contributed by atoms with Crippen LogP contribution in [0, 0.1) is 6.92 Å². The van der Waals surface area contributed by atoms with Gasteiger partial charge in [0.05, 0.1) is 12.0 Å². The second-order valence-corrected chi connectivity index (χ2v) is 7.28. The molecule has 3 aromatic carbocycles. The molecule has 5 nitrogen and oxygen atoms in total. The van der Waals surface area contributed by atoms with E-state index < -0.39 is 0 Å². The summed E-state index contributed by atoms with van der Waals surface area (Å²) in [6.07, 6.45) is -0.0718. The Hall–Kier alpha value is -3.47. The molecule has 0 bridgehead atoms. The monoisotopic (exact) mass is 388 g/mol. The van der Waals surface area contributed by atoms with Crippen molar-refractivity contribution in [3.05, 3.63) is 82.9 Å². The van der Waals surface area contributed by atoms with Gasteiger partial charge in [-0.05, 0) is 48.4 Å². The number of carbonyl (C=O) groups excluding carboxylic acids is 1. The molecule has 1 atom stereocenters. The smallest absolute Gasteiger partial charge is 0.231 e. The molecule has 5 heteroatoms. The lowest BCUT2D eigenvalue weighted by molar-refractivity contribution is 0.0848. The van der Waals surface area contributed by atoms with Gasteiger partial charge in [-0.25, -0.2) is 0 Å². The van der Waals surface area contributed by atoms with Crippen LogP contribution in [0.3, 0.4) is 0 Å². The summed E-state index contributed by atoms with van der Waals surface area (Å²) < 4.78 is 22.8. The zero-order valence-electron chi connectivity index (χ0n) is 16.0. The van der Waals surface area contributed by atoms with Crippen molar-refractivity contribution >= 4 is 5.78 Å². The van der Waals surface area contributed by atoms with Gasteiger partial charge >= 0.3 is 0 Å². The summed E-state index contributed by atoms with van der Waals surface area (Å²) in [4.78, 5) is 12.8. The highest BCUT2D eigenvalue weighted by molar-refractivity contribution is 6.00. The molecule has 29 heavy (non-hydrogen) atoms. The van der Waals surface area contributed by atoms with Gasteiger partial charge in [-0.3, -0.25) is 4.79 Å². The Labute approximate surface area is 168 Å². The minimum atomic E-state index is -0.344. The number of ether oxygens (including phenoxy) is 4. The molecule has 0 radical (unpaired) electrons. The summed E-state index contributed by atoms with van der Waals surface area (Å²) in [7, 11) is 0. The van der Waals surface area contributed by atoms with Gasteiger partial charge in [-0.2, -0.15) is 0 Å². The second-order valence-electron chi connectivity index (χ2n) is 7.28. The van der Waals surface area contributed by atoms with Crippen LogP contribution in [0.4, 0.5) is 0 Å². The first-order chi connectivity index (χ1) is 14.2. The fourth-order valence-corrected chi connectivity index (χ4v) is 3.54.